The van der Waals surface area contributed by atoms with Crippen molar-refractivity contribution < 1.29 is 0 Å². The summed E-state index contributed by atoms with van der Waals surface area (Å²) < 4.78 is 0. The summed E-state index contributed by atoms with van der Waals surface area (Å²) in [6, 6.07) is 1.20. The van der Waals surface area contributed by atoms with Crippen LogP contribution in [0.15, 0.2) is 0 Å². The largest absolute Gasteiger partial charge is 0.290 e. The molecule has 0 saturated carbocycles. The molecule has 2 N–H and O–H groups in total. The molecular weight excluding hydrogens is 190 g/mol. The van der Waals surface area contributed by atoms with Crippen molar-refractivity contribution in [3.63, 3.8) is 0 Å². The Morgan fingerprint density at radius 2 is 1.79 bits per heavy atom. The van der Waals surface area contributed by atoms with Gasteiger partial charge in [0.15, 0.2) is 0 Å². The molecule has 0 saturated heterocycles. The zero-order valence-corrected chi connectivity index (χ0v) is 12.6. The molecule has 3 nitrogen and oxygen atoms in total. The van der Waals surface area contributed by atoms with Gasteiger partial charge >= 0.3 is 0 Å². The molecule has 0 rings (SSSR count). The van der Waals surface area contributed by atoms with E-state index in [1.54, 1.807) is 0 Å². The molecule has 0 aliphatic rings. The maximum atomic E-state index is 3.42. The molecule has 4 heteroatoms. The summed E-state index contributed by atoms with van der Waals surface area (Å²) >= 11 is 0. The van der Waals surface area contributed by atoms with Crippen LogP contribution in [0.5, 0.6) is 0 Å². The van der Waals surface area contributed by atoms with E-state index in [1.165, 1.54) is 16.3 Å². The van der Waals surface area contributed by atoms with Crippen molar-refractivity contribution in [3.05, 3.63) is 0 Å². The van der Waals surface area contributed by atoms with Gasteiger partial charge in [0.1, 0.15) is 5.79 Å². The molecule has 0 aromatic carbocycles. The fourth-order valence-corrected chi connectivity index (χ4v) is 3.17. The lowest BCUT2D eigenvalue weighted by Gasteiger charge is -2.43. The second-order valence-electron chi connectivity index (χ2n) is 4.15. The van der Waals surface area contributed by atoms with Crippen molar-refractivity contribution in [2.45, 2.75) is 32.6 Å². The van der Waals surface area contributed by atoms with Gasteiger partial charge in [-0.2, -0.15) is 0 Å². The zero-order valence-electron chi connectivity index (χ0n) is 10.6. The quantitative estimate of drug-likeness (QED) is 0.458. The molecule has 0 fully saturated rings. The number of hydrogen-bond donors (Lipinski definition) is 2. The summed E-state index contributed by atoms with van der Waals surface area (Å²) in [5.74, 6) is 0.731. The van der Waals surface area contributed by atoms with Crippen molar-refractivity contribution in [3.8, 4) is 0 Å². The molecule has 86 valence electrons. The van der Waals surface area contributed by atoms with Crippen LogP contribution in [0.25, 0.3) is 0 Å². The number of nitrogens with one attached hydrogen (secondary N) is 2. The minimum absolute atomic E-state index is 0.0191. The Bertz CT molecular complexity index is 138. The van der Waals surface area contributed by atoms with Crippen LogP contribution in [0.4, 0.5) is 0 Å². The van der Waals surface area contributed by atoms with Crippen LogP contribution in [0.1, 0.15) is 20.8 Å². The second-order valence-corrected chi connectivity index (χ2v) is 4.85. The van der Waals surface area contributed by atoms with E-state index >= 15 is 0 Å². The lowest BCUT2D eigenvalue weighted by molar-refractivity contribution is 0.0474. The van der Waals surface area contributed by atoms with Crippen molar-refractivity contribution in [1.82, 2.24) is 15.5 Å². The molecular formula is C10H27N3Si. The Labute approximate surface area is 92.1 Å². The normalized spacial score (nSPS) is 13.1. The smallest absolute Gasteiger partial charge is 0.122 e. The minimum Gasteiger partial charge on any atom is -0.290 e. The molecule has 0 heterocycles. The number of hydrogen-bond acceptors (Lipinski definition) is 3. The molecule has 0 atom stereocenters. The van der Waals surface area contributed by atoms with E-state index in [4.69, 9.17) is 0 Å². The van der Waals surface area contributed by atoms with E-state index in [2.05, 4.69) is 36.3 Å². The first-order valence-electron chi connectivity index (χ1n) is 5.69. The Morgan fingerprint density at radius 3 is 2.00 bits per heavy atom. The van der Waals surface area contributed by atoms with Crippen LogP contribution in [0.2, 0.25) is 6.04 Å². The van der Waals surface area contributed by atoms with E-state index in [0.29, 0.717) is 5.92 Å². The lowest BCUT2D eigenvalue weighted by atomic mass is 10.2. The van der Waals surface area contributed by atoms with Gasteiger partial charge in [-0.15, -0.1) is 0 Å². The summed E-state index contributed by atoms with van der Waals surface area (Å²) in [7, 11) is 5.28. The van der Waals surface area contributed by atoms with E-state index < -0.39 is 0 Å². The Morgan fingerprint density at radius 1 is 1.29 bits per heavy atom. The fourth-order valence-electron chi connectivity index (χ4n) is 2.01. The van der Waals surface area contributed by atoms with Gasteiger partial charge in [0.05, 0.1) is 0 Å². The summed E-state index contributed by atoms with van der Waals surface area (Å²) in [6.45, 7) is 8.99. The van der Waals surface area contributed by atoms with Crippen LogP contribution in [0, 0.1) is 5.92 Å². The summed E-state index contributed by atoms with van der Waals surface area (Å²) in [6.07, 6.45) is 0. The maximum Gasteiger partial charge on any atom is 0.122 e. The summed E-state index contributed by atoms with van der Waals surface area (Å²) in [4.78, 5) is 2.49. The predicted octanol–water partition coefficient (Wildman–Crippen LogP) is -0.159. The monoisotopic (exact) mass is 217 g/mol. The van der Waals surface area contributed by atoms with Gasteiger partial charge in [-0.1, -0.05) is 20.8 Å². The highest BCUT2D eigenvalue weighted by molar-refractivity contribution is 6.09. The second kappa shape index (κ2) is 6.56. The Hall–Kier alpha value is 0.0969. The molecule has 0 bridgehead atoms. The molecule has 14 heavy (non-hydrogen) atoms. The van der Waals surface area contributed by atoms with Crippen LogP contribution < -0.4 is 10.6 Å². The standard InChI is InChI=1S/C10H27N3Si/c1-6-13(7-9(2)3)10(8-14,11-4)12-5/h9,11-12H,6-8H2,1-5,14H3. The van der Waals surface area contributed by atoms with Gasteiger partial charge in [0, 0.05) is 16.8 Å². The molecule has 0 aliphatic carbocycles. The number of nitrogens with zero attached hydrogens (tertiary/aromatic N) is 1. The Kier molecular flexibility index (Phi) is 6.60. The average molecular weight is 217 g/mol. The highest BCUT2D eigenvalue weighted by Crippen LogP contribution is 2.13. The van der Waals surface area contributed by atoms with Crippen molar-refractivity contribution in [1.29, 1.82) is 0 Å². The fraction of sp³-hybridized carbons (Fsp3) is 1.00. The zero-order chi connectivity index (χ0) is 11.2. The molecule has 0 aromatic rings. The molecule has 0 aromatic heterocycles. The first kappa shape index (κ1) is 14.1. The maximum absolute atomic E-state index is 3.42. The molecule has 0 spiro atoms. The summed E-state index contributed by atoms with van der Waals surface area (Å²) in [5, 5.41) is 6.84. The third-order valence-corrected chi connectivity index (χ3v) is 3.87. The lowest BCUT2D eigenvalue weighted by Crippen LogP contribution is -2.66. The first-order valence-corrected chi connectivity index (χ1v) is 7.10. The van der Waals surface area contributed by atoms with Gasteiger partial charge in [0.25, 0.3) is 0 Å². The SMILES string of the molecule is CCN(CC(C)C)C(C[SiH3])(NC)NC. The van der Waals surface area contributed by atoms with E-state index in [1.807, 2.05) is 14.1 Å². The van der Waals surface area contributed by atoms with Gasteiger partial charge in [-0.05, 0) is 32.6 Å². The number of rotatable bonds is 7. The van der Waals surface area contributed by atoms with Gasteiger partial charge in [-0.3, -0.25) is 15.5 Å². The van der Waals surface area contributed by atoms with Crippen LogP contribution in [-0.4, -0.2) is 48.1 Å². The van der Waals surface area contributed by atoms with E-state index in [-0.39, 0.29) is 5.79 Å². The molecule has 0 unspecified atom stereocenters. The highest BCUT2D eigenvalue weighted by Gasteiger charge is 2.30. The average Bonchev–Trinajstić information content (AvgIpc) is 2.19. The van der Waals surface area contributed by atoms with Crippen molar-refractivity contribution in [2.75, 3.05) is 27.2 Å². The molecule has 0 aliphatic heterocycles. The Balaban J connectivity index is 4.56. The van der Waals surface area contributed by atoms with Gasteiger partial charge in [0.2, 0.25) is 0 Å². The van der Waals surface area contributed by atoms with Crippen LogP contribution in [-0.2, 0) is 0 Å². The molecule has 0 radical (unpaired) electrons. The van der Waals surface area contributed by atoms with Crippen molar-refractivity contribution in [2.24, 2.45) is 5.92 Å². The predicted molar refractivity (Wildman–Crippen MR) is 67.7 cm³/mol. The van der Waals surface area contributed by atoms with Crippen molar-refractivity contribution >= 4 is 10.2 Å². The highest BCUT2D eigenvalue weighted by atomic mass is 28.1. The minimum atomic E-state index is 0.0191. The topological polar surface area (TPSA) is 27.3 Å². The van der Waals surface area contributed by atoms with Gasteiger partial charge in [-0.25, -0.2) is 0 Å². The van der Waals surface area contributed by atoms with E-state index in [0.717, 1.165) is 13.1 Å². The first-order chi connectivity index (χ1) is 6.56. The van der Waals surface area contributed by atoms with Crippen LogP contribution in [0.3, 0.4) is 0 Å². The third kappa shape index (κ3) is 3.35. The van der Waals surface area contributed by atoms with Gasteiger partial charge < -0.3 is 0 Å². The van der Waals surface area contributed by atoms with E-state index in [9.17, 15) is 0 Å². The summed E-state index contributed by atoms with van der Waals surface area (Å²) in [5.41, 5.74) is 0. The molecule has 0 amide bonds. The van der Waals surface area contributed by atoms with Crippen LogP contribution >= 0.6 is 0 Å². The third-order valence-electron chi connectivity index (χ3n) is 2.85.